The zero-order valence-electron chi connectivity index (χ0n) is 8.67. The summed E-state index contributed by atoms with van der Waals surface area (Å²) in [5.74, 6) is 0. The highest BCUT2D eigenvalue weighted by Gasteiger charge is 2.28. The van der Waals surface area contributed by atoms with E-state index in [0.717, 1.165) is 0 Å². The molecule has 0 saturated carbocycles. The van der Waals surface area contributed by atoms with E-state index < -0.39 is 10.0 Å². The maximum atomic E-state index is 12.1. The van der Waals surface area contributed by atoms with Gasteiger partial charge < -0.3 is 10.5 Å². The number of aromatic nitrogens is 1. The molecule has 1 aromatic rings. The van der Waals surface area contributed by atoms with Crippen molar-refractivity contribution in [1.82, 2.24) is 9.29 Å². The van der Waals surface area contributed by atoms with Gasteiger partial charge in [0.2, 0.25) is 0 Å². The summed E-state index contributed by atoms with van der Waals surface area (Å²) >= 11 is 0. The number of anilines is 1. The minimum atomic E-state index is -3.58. The summed E-state index contributed by atoms with van der Waals surface area (Å²) in [4.78, 5) is 3.83. The second-order valence-corrected chi connectivity index (χ2v) is 5.27. The van der Waals surface area contributed by atoms with E-state index in [1.165, 1.54) is 16.6 Å². The van der Waals surface area contributed by atoms with Gasteiger partial charge in [-0.05, 0) is 12.1 Å². The van der Waals surface area contributed by atoms with Crippen LogP contribution in [-0.4, -0.2) is 44.0 Å². The van der Waals surface area contributed by atoms with Gasteiger partial charge in [-0.25, -0.2) is 13.4 Å². The van der Waals surface area contributed by atoms with Crippen LogP contribution in [0.1, 0.15) is 0 Å². The van der Waals surface area contributed by atoms with Crippen LogP contribution in [0.3, 0.4) is 0 Å². The third-order valence-electron chi connectivity index (χ3n) is 2.35. The Bertz CT molecular complexity index is 469. The number of hydrogen-bond acceptors (Lipinski definition) is 5. The van der Waals surface area contributed by atoms with Crippen LogP contribution in [0.5, 0.6) is 0 Å². The molecule has 0 radical (unpaired) electrons. The topological polar surface area (TPSA) is 85.5 Å². The van der Waals surface area contributed by atoms with Gasteiger partial charge in [0.25, 0.3) is 10.0 Å². The van der Waals surface area contributed by atoms with Gasteiger partial charge in [0.1, 0.15) is 0 Å². The summed E-state index contributed by atoms with van der Waals surface area (Å²) in [6, 6.07) is 3.13. The molecule has 0 bridgehead atoms. The largest absolute Gasteiger partial charge is 0.396 e. The van der Waals surface area contributed by atoms with Gasteiger partial charge in [0, 0.05) is 19.3 Å². The molecule has 1 fully saturated rings. The standard InChI is InChI=1S/C9H13N3O3S/c10-8-2-1-3-11-9(8)16(13,14)12-4-6-15-7-5-12/h1-3H,4-7,10H2. The van der Waals surface area contributed by atoms with E-state index in [9.17, 15) is 8.42 Å². The van der Waals surface area contributed by atoms with E-state index in [1.54, 1.807) is 6.07 Å². The monoisotopic (exact) mass is 243 g/mol. The van der Waals surface area contributed by atoms with E-state index in [-0.39, 0.29) is 10.7 Å². The van der Waals surface area contributed by atoms with E-state index in [1.807, 2.05) is 0 Å². The molecule has 0 amide bonds. The van der Waals surface area contributed by atoms with Crippen molar-refractivity contribution in [1.29, 1.82) is 0 Å². The molecule has 2 heterocycles. The second-order valence-electron chi connectivity index (χ2n) is 3.41. The fourth-order valence-corrected chi connectivity index (χ4v) is 2.96. The van der Waals surface area contributed by atoms with E-state index in [2.05, 4.69) is 4.98 Å². The molecule has 16 heavy (non-hydrogen) atoms. The van der Waals surface area contributed by atoms with E-state index >= 15 is 0 Å². The molecule has 7 heteroatoms. The Morgan fingerprint density at radius 1 is 1.38 bits per heavy atom. The Labute approximate surface area is 94.1 Å². The minimum absolute atomic E-state index is 0.0723. The molecule has 0 aliphatic carbocycles. The number of sulfonamides is 1. The van der Waals surface area contributed by atoms with Crippen LogP contribution < -0.4 is 5.73 Å². The first-order valence-electron chi connectivity index (χ1n) is 4.91. The van der Waals surface area contributed by atoms with Crippen molar-refractivity contribution in [2.24, 2.45) is 0 Å². The van der Waals surface area contributed by atoms with Crippen molar-refractivity contribution < 1.29 is 13.2 Å². The summed E-state index contributed by atoms with van der Waals surface area (Å²) in [6.07, 6.45) is 1.42. The summed E-state index contributed by atoms with van der Waals surface area (Å²) in [5.41, 5.74) is 5.79. The molecule has 0 atom stereocenters. The Morgan fingerprint density at radius 3 is 2.69 bits per heavy atom. The number of morpholine rings is 1. The van der Waals surface area contributed by atoms with Gasteiger partial charge >= 0.3 is 0 Å². The average Bonchev–Trinajstić information content (AvgIpc) is 2.30. The average molecular weight is 243 g/mol. The summed E-state index contributed by atoms with van der Waals surface area (Å²) in [7, 11) is -3.58. The van der Waals surface area contributed by atoms with Crippen molar-refractivity contribution in [2.45, 2.75) is 5.03 Å². The van der Waals surface area contributed by atoms with Crippen molar-refractivity contribution in [2.75, 3.05) is 32.0 Å². The highest BCUT2D eigenvalue weighted by atomic mass is 32.2. The first kappa shape index (κ1) is 11.3. The van der Waals surface area contributed by atoms with Crippen LogP contribution in [0.4, 0.5) is 5.69 Å². The Hall–Kier alpha value is -1.18. The minimum Gasteiger partial charge on any atom is -0.396 e. The second kappa shape index (κ2) is 4.36. The van der Waals surface area contributed by atoms with Gasteiger partial charge in [-0.1, -0.05) is 0 Å². The number of nitrogens with two attached hydrogens (primary N) is 1. The molecule has 1 aliphatic heterocycles. The van der Waals surface area contributed by atoms with Crippen LogP contribution in [0, 0.1) is 0 Å². The molecular formula is C9H13N3O3S. The number of rotatable bonds is 2. The van der Waals surface area contributed by atoms with Crippen molar-refractivity contribution in [3.63, 3.8) is 0 Å². The summed E-state index contributed by atoms with van der Waals surface area (Å²) in [6.45, 7) is 1.51. The van der Waals surface area contributed by atoms with Gasteiger partial charge in [0.05, 0.1) is 18.9 Å². The Kier molecular flexibility index (Phi) is 3.08. The lowest BCUT2D eigenvalue weighted by Gasteiger charge is -2.25. The highest BCUT2D eigenvalue weighted by molar-refractivity contribution is 7.89. The maximum Gasteiger partial charge on any atom is 0.262 e. The predicted molar refractivity (Wildman–Crippen MR) is 58.2 cm³/mol. The van der Waals surface area contributed by atoms with Gasteiger partial charge in [0.15, 0.2) is 5.03 Å². The molecular weight excluding hydrogens is 230 g/mol. The van der Waals surface area contributed by atoms with Crippen molar-refractivity contribution in [3.8, 4) is 0 Å². The van der Waals surface area contributed by atoms with Crippen LogP contribution in [0.2, 0.25) is 0 Å². The molecule has 0 unspecified atom stereocenters. The molecule has 1 saturated heterocycles. The lowest BCUT2D eigenvalue weighted by Crippen LogP contribution is -2.41. The molecule has 0 spiro atoms. The van der Waals surface area contributed by atoms with E-state index in [4.69, 9.17) is 10.5 Å². The number of hydrogen-bond donors (Lipinski definition) is 1. The quantitative estimate of drug-likeness (QED) is 0.769. The number of nitrogen functional groups attached to an aromatic ring is 1. The first-order valence-corrected chi connectivity index (χ1v) is 6.35. The maximum absolute atomic E-state index is 12.1. The molecule has 6 nitrogen and oxygen atoms in total. The normalized spacial score (nSPS) is 18.5. The van der Waals surface area contributed by atoms with Crippen LogP contribution >= 0.6 is 0 Å². The molecule has 2 rings (SSSR count). The molecule has 88 valence electrons. The fraction of sp³-hybridized carbons (Fsp3) is 0.444. The van der Waals surface area contributed by atoms with Gasteiger partial charge in [-0.3, -0.25) is 0 Å². The van der Waals surface area contributed by atoms with Crippen LogP contribution in [0.15, 0.2) is 23.4 Å². The van der Waals surface area contributed by atoms with Crippen LogP contribution in [-0.2, 0) is 14.8 Å². The Morgan fingerprint density at radius 2 is 2.06 bits per heavy atom. The third-order valence-corrected chi connectivity index (χ3v) is 4.23. The zero-order valence-corrected chi connectivity index (χ0v) is 9.48. The summed E-state index contributed by atoms with van der Waals surface area (Å²) in [5, 5.41) is -0.0723. The fourth-order valence-electron chi connectivity index (χ4n) is 1.53. The van der Waals surface area contributed by atoms with Gasteiger partial charge in [-0.15, -0.1) is 0 Å². The number of nitrogens with zero attached hydrogens (tertiary/aromatic N) is 2. The third kappa shape index (κ3) is 2.01. The first-order chi connectivity index (χ1) is 7.62. The van der Waals surface area contributed by atoms with Crippen molar-refractivity contribution in [3.05, 3.63) is 18.3 Å². The predicted octanol–water partition coefficient (Wildman–Crippen LogP) is -0.315. The smallest absolute Gasteiger partial charge is 0.262 e. The highest BCUT2D eigenvalue weighted by Crippen LogP contribution is 2.19. The summed E-state index contributed by atoms with van der Waals surface area (Å²) < 4.78 is 30.7. The van der Waals surface area contributed by atoms with Crippen LogP contribution in [0.25, 0.3) is 0 Å². The number of pyridine rings is 1. The van der Waals surface area contributed by atoms with Crippen molar-refractivity contribution >= 4 is 15.7 Å². The Balaban J connectivity index is 2.35. The molecule has 1 aliphatic rings. The van der Waals surface area contributed by atoms with Gasteiger partial charge in [-0.2, -0.15) is 4.31 Å². The van der Waals surface area contributed by atoms with E-state index in [0.29, 0.717) is 26.3 Å². The lowest BCUT2D eigenvalue weighted by atomic mass is 10.4. The number of ether oxygens (including phenoxy) is 1. The lowest BCUT2D eigenvalue weighted by molar-refractivity contribution is 0.0729. The SMILES string of the molecule is Nc1cccnc1S(=O)(=O)N1CCOCC1. The molecule has 2 N–H and O–H groups in total. The molecule has 0 aromatic carbocycles. The molecule has 1 aromatic heterocycles. The zero-order chi connectivity index (χ0) is 11.6.